The van der Waals surface area contributed by atoms with Crippen LogP contribution in [0.2, 0.25) is 5.02 Å². The number of hydrogen-bond acceptors (Lipinski definition) is 6. The Morgan fingerprint density at radius 1 is 1.30 bits per heavy atom. The lowest BCUT2D eigenvalue weighted by molar-refractivity contribution is -0.136. The van der Waals surface area contributed by atoms with Crippen molar-refractivity contribution in [2.75, 3.05) is 19.5 Å². The molecule has 0 aliphatic carbocycles. The van der Waals surface area contributed by atoms with E-state index in [0.717, 1.165) is 46.6 Å². The molecular formula is C22H24ClNO5S. The first-order chi connectivity index (χ1) is 14.5. The van der Waals surface area contributed by atoms with Crippen molar-refractivity contribution in [3.05, 3.63) is 46.5 Å². The quantitative estimate of drug-likeness (QED) is 0.300. The van der Waals surface area contributed by atoms with Crippen LogP contribution in [0.1, 0.15) is 30.9 Å². The van der Waals surface area contributed by atoms with Crippen molar-refractivity contribution in [2.45, 2.75) is 37.5 Å². The minimum absolute atomic E-state index is 0.0278. The van der Waals surface area contributed by atoms with Gasteiger partial charge in [-0.2, -0.15) is 0 Å². The monoisotopic (exact) mass is 449 g/mol. The van der Waals surface area contributed by atoms with Gasteiger partial charge < -0.3 is 19.1 Å². The van der Waals surface area contributed by atoms with Gasteiger partial charge in [0.25, 0.3) is 5.88 Å². The smallest absolute Gasteiger partial charge is 0.307 e. The third-order valence-electron chi connectivity index (χ3n) is 4.52. The Balaban J connectivity index is 1.56. The van der Waals surface area contributed by atoms with E-state index in [1.807, 2.05) is 18.2 Å². The highest BCUT2D eigenvalue weighted by Crippen LogP contribution is 2.34. The summed E-state index contributed by atoms with van der Waals surface area (Å²) in [4.78, 5) is 11.7. The van der Waals surface area contributed by atoms with Crippen LogP contribution < -0.4 is 9.47 Å². The second-order valence-corrected chi connectivity index (χ2v) is 8.29. The topological polar surface area (TPSA) is 81.8 Å². The Morgan fingerprint density at radius 3 is 2.83 bits per heavy atom. The fraction of sp³-hybridized carbons (Fsp3) is 0.364. The Labute approximate surface area is 184 Å². The lowest BCUT2D eigenvalue weighted by Gasteiger charge is -2.11. The van der Waals surface area contributed by atoms with Crippen molar-refractivity contribution in [1.29, 1.82) is 0 Å². The highest BCUT2D eigenvalue weighted by molar-refractivity contribution is 7.99. The van der Waals surface area contributed by atoms with Crippen LogP contribution in [0.4, 0.5) is 0 Å². The number of aryl methyl sites for hydroxylation is 1. The number of aliphatic carboxylic acids is 1. The summed E-state index contributed by atoms with van der Waals surface area (Å²) < 4.78 is 16.8. The summed E-state index contributed by atoms with van der Waals surface area (Å²) in [5.74, 6) is 1.26. The molecule has 160 valence electrons. The highest BCUT2D eigenvalue weighted by Gasteiger charge is 2.16. The Kier molecular flexibility index (Phi) is 7.87. The van der Waals surface area contributed by atoms with Gasteiger partial charge in [0.1, 0.15) is 5.75 Å². The second-order valence-electron chi connectivity index (χ2n) is 6.75. The highest BCUT2D eigenvalue weighted by atomic mass is 35.5. The van der Waals surface area contributed by atoms with Gasteiger partial charge in [0.2, 0.25) is 0 Å². The van der Waals surface area contributed by atoms with E-state index in [1.165, 1.54) is 0 Å². The number of hydrogen-bond donors (Lipinski definition) is 1. The standard InChI is InChI=1S/C22H24ClNO5S/c1-3-5-15-18(8-7-16-21(15)29-24-22(16)27-2)28-10-4-11-30-19-9-6-14(12-17(19)23)13-20(25)26/h6-9,12H,3-5,10-11,13H2,1-2H3,(H,25,26). The first-order valence-electron chi connectivity index (χ1n) is 9.74. The van der Waals surface area contributed by atoms with Crippen LogP contribution in [0.5, 0.6) is 11.6 Å². The van der Waals surface area contributed by atoms with Crippen molar-refractivity contribution >= 4 is 40.3 Å². The zero-order valence-corrected chi connectivity index (χ0v) is 18.5. The molecule has 3 aromatic rings. The molecule has 0 aliphatic rings. The number of halogens is 1. The molecule has 0 radical (unpaired) electrons. The summed E-state index contributed by atoms with van der Waals surface area (Å²) in [6.07, 6.45) is 2.60. The Hall–Kier alpha value is -2.38. The number of nitrogens with zero attached hydrogens (tertiary/aromatic N) is 1. The van der Waals surface area contributed by atoms with Crippen LogP contribution in [-0.4, -0.2) is 35.7 Å². The van der Waals surface area contributed by atoms with E-state index in [9.17, 15) is 4.79 Å². The third-order valence-corrected chi connectivity index (χ3v) is 6.10. The SMILES string of the molecule is CCCc1c(OCCCSc2ccc(CC(=O)O)cc2Cl)ccc2c(OC)noc12. The van der Waals surface area contributed by atoms with Gasteiger partial charge in [-0.15, -0.1) is 11.8 Å². The van der Waals surface area contributed by atoms with Crippen LogP contribution in [0.3, 0.4) is 0 Å². The summed E-state index contributed by atoms with van der Waals surface area (Å²) >= 11 is 7.90. The van der Waals surface area contributed by atoms with Crippen molar-refractivity contribution in [3.8, 4) is 11.6 Å². The minimum Gasteiger partial charge on any atom is -0.493 e. The number of rotatable bonds is 11. The average molecular weight is 450 g/mol. The first-order valence-corrected chi connectivity index (χ1v) is 11.1. The molecule has 0 spiro atoms. The molecule has 3 rings (SSSR count). The Bertz CT molecular complexity index is 1020. The van der Waals surface area contributed by atoms with Crippen LogP contribution in [0.15, 0.2) is 39.8 Å². The van der Waals surface area contributed by atoms with Gasteiger partial charge in [-0.3, -0.25) is 4.79 Å². The van der Waals surface area contributed by atoms with E-state index < -0.39 is 5.97 Å². The number of carbonyl (C=O) groups is 1. The van der Waals surface area contributed by atoms with Crippen molar-refractivity contribution in [1.82, 2.24) is 5.16 Å². The number of carboxylic acid groups (broad SMARTS) is 1. The number of thioether (sulfide) groups is 1. The molecule has 0 saturated carbocycles. The van der Waals surface area contributed by atoms with Gasteiger partial charge in [-0.05, 0) is 47.8 Å². The molecule has 0 saturated heterocycles. The van der Waals surface area contributed by atoms with Crippen molar-refractivity contribution in [2.24, 2.45) is 0 Å². The number of fused-ring (bicyclic) bond motifs is 1. The summed E-state index contributed by atoms with van der Waals surface area (Å²) in [5.41, 5.74) is 2.42. The van der Waals surface area contributed by atoms with Gasteiger partial charge in [0.05, 0.1) is 30.5 Å². The lowest BCUT2D eigenvalue weighted by atomic mass is 10.1. The van der Waals surface area contributed by atoms with Crippen molar-refractivity contribution < 1.29 is 23.9 Å². The number of methoxy groups -OCH3 is 1. The number of benzene rings is 2. The van der Waals surface area contributed by atoms with Crippen molar-refractivity contribution in [3.63, 3.8) is 0 Å². The fourth-order valence-electron chi connectivity index (χ4n) is 3.16. The molecule has 0 amide bonds. The van der Waals surface area contributed by atoms with E-state index in [-0.39, 0.29) is 6.42 Å². The number of carboxylic acids is 1. The summed E-state index contributed by atoms with van der Waals surface area (Å²) in [5, 5.41) is 14.3. The Morgan fingerprint density at radius 2 is 2.13 bits per heavy atom. The van der Waals surface area contributed by atoms with Crippen LogP contribution in [0.25, 0.3) is 11.0 Å². The molecule has 30 heavy (non-hydrogen) atoms. The maximum Gasteiger partial charge on any atom is 0.307 e. The summed E-state index contributed by atoms with van der Waals surface area (Å²) in [7, 11) is 1.57. The lowest BCUT2D eigenvalue weighted by Crippen LogP contribution is -2.02. The average Bonchev–Trinajstić information content (AvgIpc) is 3.13. The molecule has 0 fully saturated rings. The second kappa shape index (κ2) is 10.6. The normalized spacial score (nSPS) is 11.0. The molecule has 2 aromatic carbocycles. The molecule has 1 N–H and O–H groups in total. The molecule has 8 heteroatoms. The zero-order valence-electron chi connectivity index (χ0n) is 16.9. The van der Waals surface area contributed by atoms with E-state index in [0.29, 0.717) is 28.7 Å². The van der Waals surface area contributed by atoms with Gasteiger partial charge in [-0.1, -0.05) is 31.0 Å². The predicted octanol–water partition coefficient (Wildman–Crippen LogP) is 5.63. The van der Waals surface area contributed by atoms with Crippen LogP contribution >= 0.6 is 23.4 Å². The molecule has 0 unspecified atom stereocenters. The molecule has 6 nitrogen and oxygen atoms in total. The van der Waals surface area contributed by atoms with E-state index in [2.05, 4.69) is 12.1 Å². The number of aromatic nitrogens is 1. The van der Waals surface area contributed by atoms with E-state index in [4.69, 9.17) is 30.7 Å². The van der Waals surface area contributed by atoms with Gasteiger partial charge in [0, 0.05) is 16.2 Å². The summed E-state index contributed by atoms with van der Waals surface area (Å²) in [6, 6.07) is 9.24. The van der Waals surface area contributed by atoms with Gasteiger partial charge in [-0.25, -0.2) is 0 Å². The van der Waals surface area contributed by atoms with Crippen LogP contribution in [-0.2, 0) is 17.6 Å². The zero-order chi connectivity index (χ0) is 21.5. The largest absolute Gasteiger partial charge is 0.493 e. The minimum atomic E-state index is -0.868. The van der Waals surface area contributed by atoms with Crippen LogP contribution in [0, 0.1) is 0 Å². The summed E-state index contributed by atoms with van der Waals surface area (Å²) in [6.45, 7) is 2.67. The maximum absolute atomic E-state index is 10.8. The maximum atomic E-state index is 10.8. The molecule has 1 aromatic heterocycles. The molecule has 1 heterocycles. The molecule has 0 aliphatic heterocycles. The van der Waals surface area contributed by atoms with Gasteiger partial charge >= 0.3 is 5.97 Å². The van der Waals surface area contributed by atoms with E-state index in [1.54, 1.807) is 31.0 Å². The molecule has 0 bridgehead atoms. The number of ether oxygens (including phenoxy) is 2. The van der Waals surface area contributed by atoms with E-state index >= 15 is 0 Å². The first kappa shape index (κ1) is 22.3. The predicted molar refractivity (Wildman–Crippen MR) is 118 cm³/mol. The molecular weight excluding hydrogens is 426 g/mol. The van der Waals surface area contributed by atoms with Gasteiger partial charge in [0.15, 0.2) is 5.58 Å². The third kappa shape index (κ3) is 5.40. The fourth-order valence-corrected chi connectivity index (χ4v) is 4.37. The molecule has 0 atom stereocenters.